The second-order valence-electron chi connectivity index (χ2n) is 4.90. The molecule has 0 amide bonds. The van der Waals surface area contributed by atoms with Crippen molar-refractivity contribution in [2.45, 2.75) is 27.7 Å². The Hall–Kier alpha value is -1.10. The van der Waals surface area contributed by atoms with E-state index in [2.05, 4.69) is 31.2 Å². The Labute approximate surface area is 109 Å². The van der Waals surface area contributed by atoms with Crippen molar-refractivity contribution in [1.29, 1.82) is 0 Å². The maximum atomic E-state index is 5.73. The van der Waals surface area contributed by atoms with Crippen LogP contribution in [-0.2, 0) is 7.05 Å². The standard InChI is InChI=1S/C12H22N4S/c1-7(2)8(3)6-14-12-10(11(13)17)9(4)15-16(12)5/h7-8,14H,6H2,1-5H3,(H2,13,17). The van der Waals surface area contributed by atoms with E-state index in [1.807, 2.05) is 14.0 Å². The molecular weight excluding hydrogens is 232 g/mol. The van der Waals surface area contributed by atoms with Crippen molar-refractivity contribution in [3.8, 4) is 0 Å². The van der Waals surface area contributed by atoms with E-state index < -0.39 is 0 Å². The predicted molar refractivity (Wildman–Crippen MR) is 76.3 cm³/mol. The minimum absolute atomic E-state index is 0.398. The number of nitrogens with one attached hydrogen (secondary N) is 1. The van der Waals surface area contributed by atoms with Crippen LogP contribution >= 0.6 is 12.2 Å². The van der Waals surface area contributed by atoms with Crippen LogP contribution < -0.4 is 11.1 Å². The van der Waals surface area contributed by atoms with Crippen LogP contribution in [0, 0.1) is 18.8 Å². The van der Waals surface area contributed by atoms with Gasteiger partial charge in [0.25, 0.3) is 0 Å². The predicted octanol–water partition coefficient (Wildman–Crippen LogP) is 2.07. The van der Waals surface area contributed by atoms with Crippen LogP contribution in [0.3, 0.4) is 0 Å². The number of thiocarbonyl (C=S) groups is 1. The highest BCUT2D eigenvalue weighted by molar-refractivity contribution is 7.80. The summed E-state index contributed by atoms with van der Waals surface area (Å²) < 4.78 is 1.80. The third-order valence-corrected chi connectivity index (χ3v) is 3.40. The quantitative estimate of drug-likeness (QED) is 0.790. The number of aryl methyl sites for hydroxylation is 2. The van der Waals surface area contributed by atoms with E-state index in [-0.39, 0.29) is 0 Å². The van der Waals surface area contributed by atoms with Gasteiger partial charge in [0, 0.05) is 13.6 Å². The molecule has 0 aliphatic carbocycles. The first-order valence-electron chi connectivity index (χ1n) is 5.91. The SMILES string of the molecule is Cc1nn(C)c(NCC(C)C(C)C)c1C(N)=S. The van der Waals surface area contributed by atoms with Gasteiger partial charge in [0.05, 0.1) is 11.3 Å². The van der Waals surface area contributed by atoms with Crippen molar-refractivity contribution in [2.75, 3.05) is 11.9 Å². The van der Waals surface area contributed by atoms with E-state index in [1.165, 1.54) is 0 Å². The second-order valence-corrected chi connectivity index (χ2v) is 5.34. The number of rotatable bonds is 5. The highest BCUT2D eigenvalue weighted by Gasteiger charge is 2.16. The van der Waals surface area contributed by atoms with Crippen molar-refractivity contribution in [3.05, 3.63) is 11.3 Å². The molecule has 0 bridgehead atoms. The summed E-state index contributed by atoms with van der Waals surface area (Å²) in [6, 6.07) is 0. The lowest BCUT2D eigenvalue weighted by Crippen LogP contribution is -2.20. The summed E-state index contributed by atoms with van der Waals surface area (Å²) in [7, 11) is 1.90. The van der Waals surface area contributed by atoms with Crippen molar-refractivity contribution < 1.29 is 0 Å². The Morgan fingerprint density at radius 1 is 1.47 bits per heavy atom. The average molecular weight is 254 g/mol. The monoisotopic (exact) mass is 254 g/mol. The molecule has 17 heavy (non-hydrogen) atoms. The van der Waals surface area contributed by atoms with E-state index in [0.717, 1.165) is 23.6 Å². The molecule has 1 rings (SSSR count). The molecule has 3 N–H and O–H groups in total. The van der Waals surface area contributed by atoms with Crippen LogP contribution in [0.2, 0.25) is 0 Å². The van der Waals surface area contributed by atoms with Gasteiger partial charge >= 0.3 is 0 Å². The number of hydrogen-bond acceptors (Lipinski definition) is 3. The van der Waals surface area contributed by atoms with E-state index >= 15 is 0 Å². The van der Waals surface area contributed by atoms with Crippen LogP contribution in [-0.4, -0.2) is 21.3 Å². The van der Waals surface area contributed by atoms with Gasteiger partial charge in [-0.25, -0.2) is 0 Å². The molecule has 0 saturated carbocycles. The minimum Gasteiger partial charge on any atom is -0.389 e. The molecule has 0 aromatic carbocycles. The first kappa shape index (κ1) is 14.0. The highest BCUT2D eigenvalue weighted by atomic mass is 32.1. The van der Waals surface area contributed by atoms with Crippen LogP contribution in [0.5, 0.6) is 0 Å². The van der Waals surface area contributed by atoms with Gasteiger partial charge in [0.2, 0.25) is 0 Å². The maximum Gasteiger partial charge on any atom is 0.134 e. The Morgan fingerprint density at radius 2 is 2.06 bits per heavy atom. The first-order chi connectivity index (χ1) is 7.84. The van der Waals surface area contributed by atoms with Crippen molar-refractivity contribution in [2.24, 2.45) is 24.6 Å². The van der Waals surface area contributed by atoms with Crippen molar-refractivity contribution >= 4 is 23.0 Å². The van der Waals surface area contributed by atoms with Crippen molar-refractivity contribution in [1.82, 2.24) is 9.78 Å². The number of aromatic nitrogens is 2. The lowest BCUT2D eigenvalue weighted by Gasteiger charge is -2.17. The van der Waals surface area contributed by atoms with Gasteiger partial charge < -0.3 is 11.1 Å². The lowest BCUT2D eigenvalue weighted by atomic mass is 9.98. The van der Waals surface area contributed by atoms with Gasteiger partial charge in [-0.1, -0.05) is 33.0 Å². The topological polar surface area (TPSA) is 55.9 Å². The fourth-order valence-corrected chi connectivity index (χ4v) is 1.89. The van der Waals surface area contributed by atoms with E-state index in [1.54, 1.807) is 4.68 Å². The Morgan fingerprint density at radius 3 is 2.53 bits per heavy atom. The molecule has 1 atom stereocenters. The number of hydrogen-bond donors (Lipinski definition) is 2. The number of nitrogens with two attached hydrogens (primary N) is 1. The summed E-state index contributed by atoms with van der Waals surface area (Å²) in [6.07, 6.45) is 0. The molecule has 0 spiro atoms. The van der Waals surface area contributed by atoms with E-state index in [9.17, 15) is 0 Å². The van der Waals surface area contributed by atoms with Gasteiger partial charge in [-0.3, -0.25) is 4.68 Å². The molecule has 0 saturated heterocycles. The van der Waals surface area contributed by atoms with Gasteiger partial charge in [-0.2, -0.15) is 5.10 Å². The summed E-state index contributed by atoms with van der Waals surface area (Å²) in [5, 5.41) is 7.74. The van der Waals surface area contributed by atoms with Gasteiger partial charge in [-0.15, -0.1) is 0 Å². The van der Waals surface area contributed by atoms with E-state index in [4.69, 9.17) is 18.0 Å². The van der Waals surface area contributed by atoms with Crippen LogP contribution in [0.1, 0.15) is 32.0 Å². The molecule has 0 radical (unpaired) electrons. The van der Waals surface area contributed by atoms with Gasteiger partial charge in [0.15, 0.2) is 0 Å². The van der Waals surface area contributed by atoms with Crippen LogP contribution in [0.15, 0.2) is 0 Å². The number of nitrogens with zero attached hydrogens (tertiary/aromatic N) is 2. The molecule has 0 aliphatic rings. The molecule has 96 valence electrons. The zero-order valence-electron chi connectivity index (χ0n) is 11.2. The molecule has 0 aliphatic heterocycles. The fraction of sp³-hybridized carbons (Fsp3) is 0.667. The minimum atomic E-state index is 0.398. The normalized spacial score (nSPS) is 12.8. The third kappa shape index (κ3) is 3.19. The molecule has 1 aromatic rings. The van der Waals surface area contributed by atoms with Gasteiger partial charge in [0.1, 0.15) is 10.8 Å². The number of anilines is 1. The average Bonchev–Trinajstić information content (AvgIpc) is 2.49. The highest BCUT2D eigenvalue weighted by Crippen LogP contribution is 2.20. The third-order valence-electron chi connectivity index (χ3n) is 3.20. The molecule has 5 heteroatoms. The Kier molecular flexibility index (Phi) is 4.51. The first-order valence-corrected chi connectivity index (χ1v) is 6.32. The molecule has 1 aromatic heterocycles. The largest absolute Gasteiger partial charge is 0.389 e. The molecule has 1 heterocycles. The van der Waals surface area contributed by atoms with Crippen molar-refractivity contribution in [3.63, 3.8) is 0 Å². The molecule has 0 fully saturated rings. The van der Waals surface area contributed by atoms with Crippen LogP contribution in [0.4, 0.5) is 5.82 Å². The zero-order valence-corrected chi connectivity index (χ0v) is 12.1. The Balaban J connectivity index is 2.87. The smallest absolute Gasteiger partial charge is 0.134 e. The summed E-state index contributed by atoms with van der Waals surface area (Å²) in [5.74, 6) is 2.15. The molecular formula is C12H22N4S. The zero-order chi connectivity index (χ0) is 13.2. The summed E-state index contributed by atoms with van der Waals surface area (Å²) in [6.45, 7) is 9.48. The molecule has 4 nitrogen and oxygen atoms in total. The Bertz CT molecular complexity index is 409. The summed E-state index contributed by atoms with van der Waals surface area (Å²) >= 11 is 5.07. The van der Waals surface area contributed by atoms with E-state index in [0.29, 0.717) is 16.8 Å². The van der Waals surface area contributed by atoms with Gasteiger partial charge in [-0.05, 0) is 18.8 Å². The van der Waals surface area contributed by atoms with Crippen LogP contribution in [0.25, 0.3) is 0 Å². The summed E-state index contributed by atoms with van der Waals surface area (Å²) in [5.41, 5.74) is 7.47. The maximum absolute atomic E-state index is 5.73. The second kappa shape index (κ2) is 5.49. The fourth-order valence-electron chi connectivity index (χ4n) is 1.65. The molecule has 1 unspecified atom stereocenters. The lowest BCUT2D eigenvalue weighted by molar-refractivity contribution is 0.438. The summed E-state index contributed by atoms with van der Waals surface area (Å²) in [4.78, 5) is 0.398.